The minimum Gasteiger partial charge on any atom is -0.387 e. The maximum Gasteiger partial charge on any atom is 0.0940 e. The van der Waals surface area contributed by atoms with E-state index in [1.54, 1.807) is 0 Å². The van der Waals surface area contributed by atoms with Crippen molar-refractivity contribution in [2.24, 2.45) is 0 Å². The number of hydrogen-bond acceptors (Lipinski definition) is 2. The zero-order chi connectivity index (χ0) is 10.4. The molecule has 0 amide bonds. The fourth-order valence-electron chi connectivity index (χ4n) is 1.42. The van der Waals surface area contributed by atoms with E-state index >= 15 is 0 Å². The van der Waals surface area contributed by atoms with Crippen LogP contribution in [0.15, 0.2) is 30.3 Å². The van der Waals surface area contributed by atoms with Crippen LogP contribution in [-0.2, 0) is 0 Å². The molecule has 0 aromatic heterocycles. The highest BCUT2D eigenvalue weighted by Crippen LogP contribution is 2.15. The standard InChI is InChI=1S/C12H19NO.ClH/c1-3-9-13-10(2)12(14)11-7-5-4-6-8-11;/h4-8,10,12-14H,3,9H2,1-2H3;1H. The van der Waals surface area contributed by atoms with E-state index in [0.717, 1.165) is 18.5 Å². The third-order valence-electron chi connectivity index (χ3n) is 2.33. The molecule has 0 aliphatic rings. The summed E-state index contributed by atoms with van der Waals surface area (Å²) >= 11 is 0. The minimum absolute atomic E-state index is 0. The van der Waals surface area contributed by atoms with Crippen LogP contribution >= 0.6 is 12.4 Å². The number of aliphatic hydroxyl groups excluding tert-OH is 1. The molecule has 86 valence electrons. The fraction of sp³-hybridized carbons (Fsp3) is 0.500. The highest BCUT2D eigenvalue weighted by atomic mass is 35.5. The lowest BCUT2D eigenvalue weighted by Crippen LogP contribution is -2.32. The topological polar surface area (TPSA) is 32.3 Å². The van der Waals surface area contributed by atoms with Crippen LogP contribution in [0.3, 0.4) is 0 Å². The van der Waals surface area contributed by atoms with Crippen LogP contribution in [0.4, 0.5) is 0 Å². The lowest BCUT2D eigenvalue weighted by Gasteiger charge is -2.20. The molecule has 1 rings (SSSR count). The number of nitrogens with one attached hydrogen (secondary N) is 1. The second-order valence-electron chi connectivity index (χ2n) is 3.60. The summed E-state index contributed by atoms with van der Waals surface area (Å²) in [6, 6.07) is 9.87. The number of benzene rings is 1. The van der Waals surface area contributed by atoms with Gasteiger partial charge in [-0.15, -0.1) is 12.4 Å². The van der Waals surface area contributed by atoms with Gasteiger partial charge in [-0.2, -0.15) is 0 Å². The predicted molar refractivity (Wildman–Crippen MR) is 66.4 cm³/mol. The molecule has 2 unspecified atom stereocenters. The van der Waals surface area contributed by atoms with Gasteiger partial charge in [0.2, 0.25) is 0 Å². The van der Waals surface area contributed by atoms with Gasteiger partial charge in [-0.3, -0.25) is 0 Å². The van der Waals surface area contributed by atoms with Crippen molar-refractivity contribution < 1.29 is 5.11 Å². The molecule has 0 spiro atoms. The van der Waals surface area contributed by atoms with Crippen LogP contribution in [0, 0.1) is 0 Å². The Morgan fingerprint density at radius 1 is 1.27 bits per heavy atom. The summed E-state index contributed by atoms with van der Waals surface area (Å²) in [7, 11) is 0. The largest absolute Gasteiger partial charge is 0.387 e. The van der Waals surface area contributed by atoms with Gasteiger partial charge in [0.15, 0.2) is 0 Å². The fourth-order valence-corrected chi connectivity index (χ4v) is 1.42. The zero-order valence-electron chi connectivity index (χ0n) is 9.31. The van der Waals surface area contributed by atoms with E-state index in [1.165, 1.54) is 0 Å². The molecule has 0 aliphatic heterocycles. The van der Waals surface area contributed by atoms with E-state index in [1.807, 2.05) is 37.3 Å². The molecule has 2 N–H and O–H groups in total. The van der Waals surface area contributed by atoms with E-state index < -0.39 is 6.10 Å². The van der Waals surface area contributed by atoms with Crippen molar-refractivity contribution in [2.45, 2.75) is 32.4 Å². The Balaban J connectivity index is 0.00000196. The highest BCUT2D eigenvalue weighted by Gasteiger charge is 2.14. The van der Waals surface area contributed by atoms with E-state index in [4.69, 9.17) is 0 Å². The van der Waals surface area contributed by atoms with Gasteiger partial charge in [0.25, 0.3) is 0 Å². The van der Waals surface area contributed by atoms with Gasteiger partial charge in [0.05, 0.1) is 6.10 Å². The molecule has 0 radical (unpaired) electrons. The normalized spacial score (nSPS) is 14.1. The molecular formula is C12H20ClNO. The van der Waals surface area contributed by atoms with E-state index in [0.29, 0.717) is 0 Å². The zero-order valence-corrected chi connectivity index (χ0v) is 10.1. The molecule has 0 saturated carbocycles. The van der Waals surface area contributed by atoms with Crippen molar-refractivity contribution in [3.63, 3.8) is 0 Å². The molecule has 1 aromatic carbocycles. The second kappa shape index (κ2) is 7.69. The molecular weight excluding hydrogens is 210 g/mol. The maximum absolute atomic E-state index is 9.95. The Bertz CT molecular complexity index is 253. The van der Waals surface area contributed by atoms with Gasteiger partial charge >= 0.3 is 0 Å². The van der Waals surface area contributed by atoms with E-state index in [-0.39, 0.29) is 18.4 Å². The van der Waals surface area contributed by atoms with Crippen molar-refractivity contribution in [3.05, 3.63) is 35.9 Å². The van der Waals surface area contributed by atoms with Crippen molar-refractivity contribution in [1.82, 2.24) is 5.32 Å². The van der Waals surface area contributed by atoms with Crippen molar-refractivity contribution >= 4 is 12.4 Å². The predicted octanol–water partition coefficient (Wildman–Crippen LogP) is 2.53. The molecule has 0 aliphatic carbocycles. The minimum atomic E-state index is -0.414. The van der Waals surface area contributed by atoms with Gasteiger partial charge in [-0.05, 0) is 25.5 Å². The van der Waals surface area contributed by atoms with Crippen LogP contribution in [0.2, 0.25) is 0 Å². The average Bonchev–Trinajstić information content (AvgIpc) is 2.26. The third kappa shape index (κ3) is 4.65. The summed E-state index contributed by atoms with van der Waals surface area (Å²) in [4.78, 5) is 0. The van der Waals surface area contributed by atoms with Gasteiger partial charge in [-0.25, -0.2) is 0 Å². The van der Waals surface area contributed by atoms with Crippen LogP contribution in [0.25, 0.3) is 0 Å². The third-order valence-corrected chi connectivity index (χ3v) is 2.33. The highest BCUT2D eigenvalue weighted by molar-refractivity contribution is 5.85. The molecule has 0 heterocycles. The summed E-state index contributed by atoms with van der Waals surface area (Å²) in [6.07, 6.45) is 0.675. The SMILES string of the molecule is CCCNC(C)C(O)c1ccccc1.Cl. The second-order valence-corrected chi connectivity index (χ2v) is 3.60. The summed E-state index contributed by atoms with van der Waals surface area (Å²) < 4.78 is 0. The van der Waals surface area contributed by atoms with Crippen LogP contribution in [0.1, 0.15) is 31.9 Å². The smallest absolute Gasteiger partial charge is 0.0940 e. The van der Waals surface area contributed by atoms with Crippen LogP contribution in [-0.4, -0.2) is 17.7 Å². The van der Waals surface area contributed by atoms with Gasteiger partial charge < -0.3 is 10.4 Å². The van der Waals surface area contributed by atoms with Gasteiger partial charge in [0.1, 0.15) is 0 Å². The van der Waals surface area contributed by atoms with E-state index in [9.17, 15) is 5.11 Å². The quantitative estimate of drug-likeness (QED) is 0.814. The Kier molecular flexibility index (Phi) is 7.39. The summed E-state index contributed by atoms with van der Waals surface area (Å²) in [5.41, 5.74) is 0.976. The molecule has 3 heteroatoms. The molecule has 2 atom stereocenters. The first-order valence-corrected chi connectivity index (χ1v) is 5.22. The number of aliphatic hydroxyl groups is 1. The Morgan fingerprint density at radius 2 is 1.87 bits per heavy atom. The van der Waals surface area contributed by atoms with Gasteiger partial charge in [-0.1, -0.05) is 37.3 Å². The number of hydrogen-bond donors (Lipinski definition) is 2. The molecule has 0 bridgehead atoms. The Hall–Kier alpha value is -0.570. The van der Waals surface area contributed by atoms with Crippen molar-refractivity contribution in [2.75, 3.05) is 6.54 Å². The summed E-state index contributed by atoms with van der Waals surface area (Å²) in [5, 5.41) is 13.2. The lowest BCUT2D eigenvalue weighted by atomic mass is 10.0. The summed E-state index contributed by atoms with van der Waals surface area (Å²) in [5.74, 6) is 0. The Labute approximate surface area is 98.1 Å². The summed E-state index contributed by atoms with van der Waals surface area (Å²) in [6.45, 7) is 5.08. The first-order valence-electron chi connectivity index (χ1n) is 5.22. The molecule has 2 nitrogen and oxygen atoms in total. The maximum atomic E-state index is 9.95. The number of halogens is 1. The average molecular weight is 230 g/mol. The first kappa shape index (κ1) is 14.4. The van der Waals surface area contributed by atoms with E-state index in [2.05, 4.69) is 12.2 Å². The van der Waals surface area contributed by atoms with Crippen LogP contribution in [0.5, 0.6) is 0 Å². The van der Waals surface area contributed by atoms with Crippen LogP contribution < -0.4 is 5.32 Å². The number of rotatable bonds is 5. The first-order chi connectivity index (χ1) is 6.75. The molecule has 15 heavy (non-hydrogen) atoms. The monoisotopic (exact) mass is 229 g/mol. The molecule has 0 fully saturated rings. The lowest BCUT2D eigenvalue weighted by molar-refractivity contribution is 0.136. The van der Waals surface area contributed by atoms with Gasteiger partial charge in [0, 0.05) is 6.04 Å². The van der Waals surface area contributed by atoms with Crippen molar-refractivity contribution in [3.8, 4) is 0 Å². The van der Waals surface area contributed by atoms with Crippen molar-refractivity contribution in [1.29, 1.82) is 0 Å². The molecule has 0 saturated heterocycles. The molecule has 1 aromatic rings. The Morgan fingerprint density at radius 3 is 2.40 bits per heavy atom.